The molecule has 1 saturated carbocycles. The summed E-state index contributed by atoms with van der Waals surface area (Å²) in [5.41, 5.74) is 6.50. The molecule has 3 aromatic carbocycles. The minimum absolute atomic E-state index is 0.227. The van der Waals surface area contributed by atoms with E-state index >= 15 is 0 Å². The van der Waals surface area contributed by atoms with Crippen LogP contribution in [0, 0.1) is 5.92 Å². The number of carbonyl (C=O) groups excluding carboxylic acids is 1. The van der Waals surface area contributed by atoms with Crippen LogP contribution in [0.25, 0.3) is 21.3 Å². The molecule has 0 amide bonds. The van der Waals surface area contributed by atoms with Gasteiger partial charge >= 0.3 is 6.16 Å². The topological polar surface area (TPSA) is 99.5 Å². The molecule has 4 aromatic rings. The highest BCUT2D eigenvalue weighted by molar-refractivity contribution is 7.22. The van der Waals surface area contributed by atoms with E-state index in [4.69, 9.17) is 20.0 Å². The van der Waals surface area contributed by atoms with Crippen LogP contribution >= 0.6 is 11.3 Å². The van der Waals surface area contributed by atoms with Gasteiger partial charge in [-0.1, -0.05) is 80.5 Å². The fraction of sp³-hybridized carbons (Fsp3) is 0.276. The first-order valence-corrected chi connectivity index (χ1v) is 13.0. The van der Waals surface area contributed by atoms with Crippen LogP contribution in [0.1, 0.15) is 61.4 Å². The summed E-state index contributed by atoms with van der Waals surface area (Å²) >= 11 is 1.68. The molecule has 0 radical (unpaired) electrons. The number of ketones is 1. The van der Waals surface area contributed by atoms with Gasteiger partial charge in [-0.25, -0.2) is 9.78 Å². The number of thiazole rings is 1. The number of nitrogens with zero attached hydrogens (tertiary/aromatic N) is 1. The highest BCUT2D eigenvalue weighted by Crippen LogP contribution is 2.32. The molecule has 1 aliphatic carbocycles. The number of rotatable bonds is 6. The van der Waals surface area contributed by atoms with Crippen LogP contribution in [0.5, 0.6) is 0 Å². The van der Waals surface area contributed by atoms with E-state index in [2.05, 4.69) is 73.8 Å². The second-order valence-corrected chi connectivity index (χ2v) is 10.3. The number of fused-ring (bicyclic) bond motifs is 1. The molecule has 36 heavy (non-hydrogen) atoms. The molecule has 0 atom stereocenters. The van der Waals surface area contributed by atoms with Crippen LogP contribution < -0.4 is 5.32 Å². The van der Waals surface area contributed by atoms with Crippen LogP contribution in [-0.2, 0) is 0 Å². The maximum Gasteiger partial charge on any atom is 0.503 e. The summed E-state index contributed by atoms with van der Waals surface area (Å²) in [6, 6.07) is 23.0. The number of hydrogen-bond donors (Lipinski definition) is 3. The average molecular weight is 503 g/mol. The van der Waals surface area contributed by atoms with Gasteiger partial charge in [-0.15, -0.1) is 0 Å². The van der Waals surface area contributed by atoms with Crippen LogP contribution in [0.15, 0.2) is 66.7 Å². The van der Waals surface area contributed by atoms with Crippen LogP contribution in [-0.4, -0.2) is 27.1 Å². The molecule has 186 valence electrons. The molecule has 5 rings (SSSR count). The van der Waals surface area contributed by atoms with Crippen molar-refractivity contribution in [2.45, 2.75) is 45.4 Å². The number of hydrogen-bond acceptors (Lipinski definition) is 5. The lowest BCUT2D eigenvalue weighted by molar-refractivity contribution is 0.0922. The number of anilines is 2. The molecule has 1 aromatic heterocycles. The minimum atomic E-state index is -1.83. The SMILES string of the molecule is CC(C)c1ccc2nc(Nc3ccc(-c4ccc(C(=O)C5CCCC5)cc4)cc3)sc2c1.O=C(O)O. The molecule has 1 fully saturated rings. The first-order chi connectivity index (χ1) is 17.3. The molecular formula is C29H30N2O4S. The molecule has 3 N–H and O–H groups in total. The van der Waals surface area contributed by atoms with E-state index in [9.17, 15) is 4.79 Å². The Morgan fingerprint density at radius 1 is 0.917 bits per heavy atom. The number of nitrogens with one attached hydrogen (secondary N) is 1. The number of aromatic nitrogens is 1. The van der Waals surface area contributed by atoms with Gasteiger partial charge in [0.1, 0.15) is 0 Å². The van der Waals surface area contributed by atoms with Gasteiger partial charge in [0.2, 0.25) is 0 Å². The van der Waals surface area contributed by atoms with Crippen LogP contribution in [0.2, 0.25) is 0 Å². The van der Waals surface area contributed by atoms with Gasteiger partial charge < -0.3 is 15.5 Å². The zero-order valence-electron chi connectivity index (χ0n) is 20.4. The molecule has 0 unspecified atom stereocenters. The number of carboxylic acid groups (broad SMARTS) is 2. The molecule has 1 heterocycles. The van der Waals surface area contributed by atoms with Gasteiger partial charge in [0.05, 0.1) is 10.2 Å². The molecule has 0 spiro atoms. The zero-order chi connectivity index (χ0) is 25.7. The standard InChI is InChI=1S/C28H28N2OS.CH2O3/c1-18(2)23-13-16-25-26(17-23)32-28(30-25)29-24-14-11-20(12-15-24)19-7-9-22(10-8-19)27(31)21-5-3-4-6-21;2-1(3)4/h7-18,21H,3-6H2,1-2H3,(H,29,30);(H2,2,3,4). The highest BCUT2D eigenvalue weighted by atomic mass is 32.1. The van der Waals surface area contributed by atoms with Crippen molar-refractivity contribution in [1.82, 2.24) is 4.98 Å². The molecule has 6 nitrogen and oxygen atoms in total. The maximum atomic E-state index is 12.6. The fourth-order valence-electron chi connectivity index (χ4n) is 4.47. The summed E-state index contributed by atoms with van der Waals surface area (Å²) in [5.74, 6) is 1.05. The lowest BCUT2D eigenvalue weighted by Gasteiger charge is -2.09. The Morgan fingerprint density at radius 2 is 1.50 bits per heavy atom. The van der Waals surface area contributed by atoms with Crippen molar-refractivity contribution < 1.29 is 19.8 Å². The van der Waals surface area contributed by atoms with Crippen molar-refractivity contribution in [2.24, 2.45) is 5.92 Å². The first-order valence-electron chi connectivity index (χ1n) is 12.1. The second-order valence-electron chi connectivity index (χ2n) is 9.31. The van der Waals surface area contributed by atoms with Crippen molar-refractivity contribution >= 4 is 44.3 Å². The predicted molar refractivity (Wildman–Crippen MR) is 146 cm³/mol. The van der Waals surface area contributed by atoms with E-state index in [-0.39, 0.29) is 5.92 Å². The van der Waals surface area contributed by atoms with Gasteiger partial charge in [0.15, 0.2) is 10.9 Å². The molecule has 0 aliphatic heterocycles. The minimum Gasteiger partial charge on any atom is -0.450 e. The Hall–Kier alpha value is -3.71. The summed E-state index contributed by atoms with van der Waals surface area (Å²) in [6.07, 6.45) is 2.63. The predicted octanol–water partition coefficient (Wildman–Crippen LogP) is 8.43. The fourth-order valence-corrected chi connectivity index (χ4v) is 5.41. The van der Waals surface area contributed by atoms with Gasteiger partial charge in [-0.3, -0.25) is 4.79 Å². The smallest absolute Gasteiger partial charge is 0.450 e. The number of carbonyl (C=O) groups is 2. The summed E-state index contributed by atoms with van der Waals surface area (Å²) in [4.78, 5) is 25.9. The molecule has 0 bridgehead atoms. The van der Waals surface area contributed by atoms with Crippen molar-refractivity contribution in [1.29, 1.82) is 0 Å². The summed E-state index contributed by atoms with van der Waals surface area (Å²) in [7, 11) is 0. The lowest BCUT2D eigenvalue weighted by atomic mass is 9.94. The van der Waals surface area contributed by atoms with Crippen LogP contribution in [0.4, 0.5) is 15.6 Å². The quantitative estimate of drug-likeness (QED) is 0.229. The van der Waals surface area contributed by atoms with E-state index in [1.54, 1.807) is 11.3 Å². The normalized spacial score (nSPS) is 13.4. The summed E-state index contributed by atoms with van der Waals surface area (Å²) in [5, 5.41) is 18.3. The third-order valence-corrected chi connectivity index (χ3v) is 7.38. The molecule has 7 heteroatoms. The van der Waals surface area contributed by atoms with Gasteiger partial charge in [-0.2, -0.15) is 0 Å². The van der Waals surface area contributed by atoms with E-state index in [1.807, 2.05) is 12.1 Å². The van der Waals surface area contributed by atoms with Gasteiger partial charge in [0.25, 0.3) is 0 Å². The summed E-state index contributed by atoms with van der Waals surface area (Å²) in [6.45, 7) is 4.42. The van der Waals surface area contributed by atoms with Crippen molar-refractivity contribution in [3.05, 3.63) is 77.9 Å². The van der Waals surface area contributed by atoms with Gasteiger partial charge in [0, 0.05) is 17.2 Å². The van der Waals surface area contributed by atoms with Crippen LogP contribution in [0.3, 0.4) is 0 Å². The monoisotopic (exact) mass is 502 g/mol. The molecule has 0 saturated heterocycles. The molecule has 1 aliphatic rings. The zero-order valence-corrected chi connectivity index (χ0v) is 21.2. The van der Waals surface area contributed by atoms with E-state index in [0.29, 0.717) is 11.7 Å². The highest BCUT2D eigenvalue weighted by Gasteiger charge is 2.23. The Kier molecular flexibility index (Phi) is 8.00. The number of Topliss-reactive ketones (excluding diaryl/α,β-unsaturated/α-hetero) is 1. The Balaban J connectivity index is 0.000000709. The second kappa shape index (κ2) is 11.4. The van der Waals surface area contributed by atoms with E-state index < -0.39 is 6.16 Å². The van der Waals surface area contributed by atoms with E-state index in [0.717, 1.165) is 45.9 Å². The van der Waals surface area contributed by atoms with Crippen molar-refractivity contribution in [3.63, 3.8) is 0 Å². The van der Waals surface area contributed by atoms with Crippen molar-refractivity contribution in [2.75, 3.05) is 5.32 Å². The largest absolute Gasteiger partial charge is 0.503 e. The van der Waals surface area contributed by atoms with Gasteiger partial charge in [-0.05, 0) is 59.7 Å². The third kappa shape index (κ3) is 6.29. The van der Waals surface area contributed by atoms with Crippen molar-refractivity contribution in [3.8, 4) is 11.1 Å². The third-order valence-electron chi connectivity index (χ3n) is 6.44. The lowest BCUT2D eigenvalue weighted by Crippen LogP contribution is -2.10. The first kappa shape index (κ1) is 25.4. The molecular weight excluding hydrogens is 472 g/mol. The number of benzene rings is 3. The Morgan fingerprint density at radius 3 is 2.08 bits per heavy atom. The summed E-state index contributed by atoms with van der Waals surface area (Å²) < 4.78 is 1.21. The average Bonchev–Trinajstić information content (AvgIpc) is 3.53. The maximum absolute atomic E-state index is 12.6. The Bertz CT molecular complexity index is 1330. The van der Waals surface area contributed by atoms with E-state index in [1.165, 1.54) is 23.1 Å². The Labute approximate surface area is 214 Å².